The van der Waals surface area contributed by atoms with Gasteiger partial charge < -0.3 is 4.57 Å². The zero-order valence-corrected chi connectivity index (χ0v) is 12.1. The summed E-state index contributed by atoms with van der Waals surface area (Å²) in [6.07, 6.45) is -1.52. The van der Waals surface area contributed by atoms with Gasteiger partial charge in [0.05, 0.1) is 11.1 Å². The van der Waals surface area contributed by atoms with Gasteiger partial charge in [-0.1, -0.05) is 19.1 Å². The second kappa shape index (κ2) is 5.79. The average Bonchev–Trinajstić information content (AvgIpc) is 2.47. The summed E-state index contributed by atoms with van der Waals surface area (Å²) in [5.74, 6) is -0.338. The number of hydrogen-bond donors (Lipinski definition) is 0. The van der Waals surface area contributed by atoms with Crippen molar-refractivity contribution in [2.75, 3.05) is 0 Å². The number of aromatic nitrogens is 1. The first-order valence-electron chi connectivity index (χ1n) is 6.65. The zero-order chi connectivity index (χ0) is 16.5. The molecule has 0 unspecified atom stereocenters. The van der Waals surface area contributed by atoms with Crippen molar-refractivity contribution < 1.29 is 18.0 Å². The Bertz CT molecular complexity index is 776. The molecule has 116 valence electrons. The summed E-state index contributed by atoms with van der Waals surface area (Å²) in [5, 5.41) is 0. The van der Waals surface area contributed by atoms with Gasteiger partial charge in [0.1, 0.15) is 0 Å². The molecule has 0 amide bonds. The van der Waals surface area contributed by atoms with E-state index < -0.39 is 17.2 Å². The summed E-state index contributed by atoms with van der Waals surface area (Å²) >= 11 is 0. The standard InChI is InChI=1S/C16H14F3NO2/c1-3-14(21)13-9-20(2)8-12(15(13)22)10-5-4-6-11(7-10)16(17,18)19/h4-9H,3H2,1-2H3. The Kier molecular flexibility index (Phi) is 4.21. The number of carbonyl (C=O) groups is 1. The van der Waals surface area contributed by atoms with Crippen molar-refractivity contribution in [1.29, 1.82) is 0 Å². The lowest BCUT2D eigenvalue weighted by atomic mass is 10.0. The van der Waals surface area contributed by atoms with Crippen LogP contribution in [0.1, 0.15) is 29.3 Å². The summed E-state index contributed by atoms with van der Waals surface area (Å²) in [6, 6.07) is 4.52. The van der Waals surface area contributed by atoms with E-state index in [1.807, 2.05) is 0 Å². The molecule has 1 aromatic heterocycles. The van der Waals surface area contributed by atoms with Crippen LogP contribution in [0.3, 0.4) is 0 Å². The van der Waals surface area contributed by atoms with Gasteiger partial charge in [0.2, 0.25) is 0 Å². The van der Waals surface area contributed by atoms with E-state index in [-0.39, 0.29) is 28.9 Å². The molecule has 6 heteroatoms. The van der Waals surface area contributed by atoms with Gasteiger partial charge in [0.15, 0.2) is 11.2 Å². The molecule has 0 radical (unpaired) electrons. The summed E-state index contributed by atoms with van der Waals surface area (Å²) in [4.78, 5) is 24.2. The lowest BCUT2D eigenvalue weighted by Crippen LogP contribution is -2.19. The summed E-state index contributed by atoms with van der Waals surface area (Å²) < 4.78 is 39.9. The highest BCUT2D eigenvalue weighted by molar-refractivity contribution is 5.96. The molecule has 3 nitrogen and oxygen atoms in total. The van der Waals surface area contributed by atoms with Crippen LogP contribution in [0.15, 0.2) is 41.5 Å². The number of nitrogens with zero attached hydrogens (tertiary/aromatic N) is 1. The number of aryl methyl sites for hydroxylation is 1. The van der Waals surface area contributed by atoms with Crippen molar-refractivity contribution >= 4 is 5.78 Å². The highest BCUT2D eigenvalue weighted by atomic mass is 19.4. The number of alkyl halides is 3. The molecular formula is C16H14F3NO2. The summed E-state index contributed by atoms with van der Waals surface area (Å²) in [7, 11) is 1.61. The molecule has 2 aromatic rings. The third kappa shape index (κ3) is 3.10. The highest BCUT2D eigenvalue weighted by Gasteiger charge is 2.30. The van der Waals surface area contributed by atoms with Crippen LogP contribution in [0.4, 0.5) is 13.2 Å². The van der Waals surface area contributed by atoms with E-state index in [9.17, 15) is 22.8 Å². The zero-order valence-electron chi connectivity index (χ0n) is 12.1. The van der Waals surface area contributed by atoms with Crippen molar-refractivity contribution in [3.63, 3.8) is 0 Å². The van der Waals surface area contributed by atoms with Crippen molar-refractivity contribution in [3.05, 3.63) is 58.0 Å². The molecule has 2 rings (SSSR count). The number of halogens is 3. The fourth-order valence-corrected chi connectivity index (χ4v) is 2.16. The largest absolute Gasteiger partial charge is 0.416 e. The first kappa shape index (κ1) is 16.0. The Morgan fingerprint density at radius 1 is 1.23 bits per heavy atom. The van der Waals surface area contributed by atoms with Gasteiger partial charge in [0, 0.05) is 31.4 Å². The van der Waals surface area contributed by atoms with Crippen molar-refractivity contribution in [1.82, 2.24) is 4.57 Å². The van der Waals surface area contributed by atoms with Crippen molar-refractivity contribution in [2.45, 2.75) is 19.5 Å². The number of hydrogen-bond acceptors (Lipinski definition) is 2. The van der Waals surface area contributed by atoms with Gasteiger partial charge in [-0.2, -0.15) is 13.2 Å². The van der Waals surface area contributed by atoms with Crippen LogP contribution in [-0.4, -0.2) is 10.4 Å². The summed E-state index contributed by atoms with van der Waals surface area (Å²) in [6.45, 7) is 1.62. The lowest BCUT2D eigenvalue weighted by Gasteiger charge is -2.10. The topological polar surface area (TPSA) is 39.1 Å². The number of carbonyl (C=O) groups excluding carboxylic acids is 1. The molecule has 0 atom stereocenters. The van der Waals surface area contributed by atoms with E-state index in [0.29, 0.717) is 0 Å². The van der Waals surface area contributed by atoms with E-state index in [1.165, 1.54) is 29.1 Å². The normalized spacial score (nSPS) is 11.5. The number of rotatable bonds is 3. The minimum Gasteiger partial charge on any atom is -0.356 e. The van der Waals surface area contributed by atoms with Gasteiger partial charge in [-0.05, 0) is 17.7 Å². The fourth-order valence-electron chi connectivity index (χ4n) is 2.16. The predicted octanol–water partition coefficient (Wildman–Crippen LogP) is 3.66. The Labute approximate surface area is 125 Å². The molecule has 0 spiro atoms. The monoisotopic (exact) mass is 309 g/mol. The molecule has 0 saturated heterocycles. The summed E-state index contributed by atoms with van der Waals surface area (Å²) in [5.41, 5.74) is -1.18. The van der Waals surface area contributed by atoms with E-state index in [4.69, 9.17) is 0 Å². The second-order valence-corrected chi connectivity index (χ2v) is 4.94. The Hall–Kier alpha value is -2.37. The number of pyridine rings is 1. The number of Topliss-reactive ketones (excluding diaryl/α,β-unsaturated/α-hetero) is 1. The molecule has 0 N–H and O–H groups in total. The van der Waals surface area contributed by atoms with Crippen LogP contribution in [0.5, 0.6) is 0 Å². The fraction of sp³-hybridized carbons (Fsp3) is 0.250. The van der Waals surface area contributed by atoms with Gasteiger partial charge in [0.25, 0.3) is 0 Å². The SMILES string of the molecule is CCC(=O)c1cn(C)cc(-c2cccc(C(F)(F)F)c2)c1=O. The first-order valence-corrected chi connectivity index (χ1v) is 6.65. The minimum absolute atomic E-state index is 0.0140. The molecule has 0 aliphatic carbocycles. The number of benzene rings is 1. The third-order valence-corrected chi connectivity index (χ3v) is 3.28. The third-order valence-electron chi connectivity index (χ3n) is 3.28. The molecule has 0 saturated carbocycles. The molecule has 0 aliphatic heterocycles. The maximum atomic E-state index is 12.8. The van der Waals surface area contributed by atoms with Crippen LogP contribution in [0.2, 0.25) is 0 Å². The average molecular weight is 309 g/mol. The van der Waals surface area contributed by atoms with Crippen LogP contribution < -0.4 is 5.43 Å². The van der Waals surface area contributed by atoms with Crippen molar-refractivity contribution in [2.24, 2.45) is 7.05 Å². The molecule has 0 bridgehead atoms. The van der Waals surface area contributed by atoms with Crippen LogP contribution in [0.25, 0.3) is 11.1 Å². The maximum Gasteiger partial charge on any atom is 0.416 e. The first-order chi connectivity index (χ1) is 10.2. The molecule has 0 aliphatic rings. The lowest BCUT2D eigenvalue weighted by molar-refractivity contribution is -0.137. The number of ketones is 1. The van der Waals surface area contributed by atoms with Crippen molar-refractivity contribution in [3.8, 4) is 11.1 Å². The molecule has 1 heterocycles. The molecule has 0 fully saturated rings. The van der Waals surface area contributed by atoms with Gasteiger partial charge in [-0.25, -0.2) is 0 Å². The van der Waals surface area contributed by atoms with E-state index in [1.54, 1.807) is 14.0 Å². The second-order valence-electron chi connectivity index (χ2n) is 4.94. The predicted molar refractivity (Wildman–Crippen MR) is 76.7 cm³/mol. The van der Waals surface area contributed by atoms with E-state index in [0.717, 1.165) is 12.1 Å². The molecule has 1 aromatic carbocycles. The Morgan fingerprint density at radius 3 is 2.50 bits per heavy atom. The van der Waals surface area contributed by atoms with Gasteiger partial charge in [-0.3, -0.25) is 9.59 Å². The highest BCUT2D eigenvalue weighted by Crippen LogP contribution is 2.31. The van der Waals surface area contributed by atoms with Gasteiger partial charge in [-0.15, -0.1) is 0 Å². The van der Waals surface area contributed by atoms with Crippen LogP contribution in [-0.2, 0) is 13.2 Å². The smallest absolute Gasteiger partial charge is 0.356 e. The van der Waals surface area contributed by atoms with Crippen LogP contribution in [0, 0.1) is 0 Å². The van der Waals surface area contributed by atoms with Crippen LogP contribution >= 0.6 is 0 Å². The van der Waals surface area contributed by atoms with E-state index in [2.05, 4.69) is 0 Å². The molecular weight excluding hydrogens is 295 g/mol. The maximum absolute atomic E-state index is 12.8. The Balaban J connectivity index is 2.66. The van der Waals surface area contributed by atoms with Gasteiger partial charge >= 0.3 is 6.18 Å². The minimum atomic E-state index is -4.49. The Morgan fingerprint density at radius 2 is 1.91 bits per heavy atom. The van der Waals surface area contributed by atoms with E-state index >= 15 is 0 Å². The quantitative estimate of drug-likeness (QED) is 0.812. The molecule has 22 heavy (non-hydrogen) atoms.